The number of ketones is 2. The molecule has 8 N–H and O–H groups in total. The van der Waals surface area contributed by atoms with Crippen LogP contribution in [0.25, 0.3) is 0 Å². The maximum absolute atomic E-state index is 13.8. The van der Waals surface area contributed by atoms with Crippen LogP contribution in [0.3, 0.4) is 0 Å². The molecule has 2 amide bonds. The lowest BCUT2D eigenvalue weighted by Crippen LogP contribution is -2.63. The van der Waals surface area contributed by atoms with Crippen LogP contribution in [0, 0.1) is 11.8 Å². The highest BCUT2D eigenvalue weighted by molar-refractivity contribution is 6.25. The van der Waals surface area contributed by atoms with Gasteiger partial charge in [-0.05, 0) is 50.0 Å². The lowest BCUT2D eigenvalue weighted by Gasteiger charge is -2.50. The number of phenolic OH excluding ortho intramolecular Hbond substituents is 1. The number of nitrogens with one attached hydrogen (secondary N) is 2. The van der Waals surface area contributed by atoms with Crippen molar-refractivity contribution in [1.82, 2.24) is 10.2 Å². The van der Waals surface area contributed by atoms with E-state index in [0.717, 1.165) is 5.56 Å². The van der Waals surface area contributed by atoms with E-state index in [0.29, 0.717) is 12.1 Å². The molecule has 3 unspecified atom stereocenters. The Labute approximate surface area is 265 Å². The Bertz CT molecular complexity index is 1580. The fourth-order valence-electron chi connectivity index (χ4n) is 6.44. The number of hydrogen-bond acceptors (Lipinski definition) is 10. The Morgan fingerprint density at radius 2 is 1.70 bits per heavy atom. The van der Waals surface area contributed by atoms with E-state index in [1.807, 2.05) is 30.3 Å². The van der Waals surface area contributed by atoms with E-state index < -0.39 is 69.7 Å². The summed E-state index contributed by atoms with van der Waals surface area (Å²) in [6.45, 7) is 0.374. The minimum absolute atomic E-state index is 0. The van der Waals surface area contributed by atoms with E-state index in [9.17, 15) is 39.6 Å². The van der Waals surface area contributed by atoms with E-state index in [4.69, 9.17) is 5.73 Å². The van der Waals surface area contributed by atoms with Gasteiger partial charge in [-0.3, -0.25) is 24.1 Å². The second-order valence-corrected chi connectivity index (χ2v) is 11.1. The smallest absolute Gasteiger partial charge is 0.255 e. The molecule has 0 saturated heterocycles. The van der Waals surface area contributed by atoms with Gasteiger partial charge in [0.2, 0.25) is 11.7 Å². The molecule has 0 radical (unpaired) electrons. The van der Waals surface area contributed by atoms with Crippen molar-refractivity contribution in [3.63, 3.8) is 0 Å². The number of anilines is 1. The van der Waals surface area contributed by atoms with Crippen molar-refractivity contribution in [2.24, 2.45) is 17.6 Å². The zero-order valence-corrected chi connectivity index (χ0v) is 25.5. The van der Waals surface area contributed by atoms with Gasteiger partial charge in [0.05, 0.1) is 23.8 Å². The number of benzene rings is 2. The van der Waals surface area contributed by atoms with Crippen LogP contribution in [0.4, 0.5) is 5.69 Å². The van der Waals surface area contributed by atoms with Gasteiger partial charge in [0.1, 0.15) is 17.1 Å². The third-order valence-corrected chi connectivity index (χ3v) is 8.33. The Hall–Kier alpha value is -3.94. The lowest BCUT2D eigenvalue weighted by atomic mass is 9.58. The van der Waals surface area contributed by atoms with Gasteiger partial charge in [-0.2, -0.15) is 0 Å². The molecule has 2 aromatic rings. The van der Waals surface area contributed by atoms with Crippen LogP contribution in [0.5, 0.6) is 5.75 Å². The molecule has 0 bridgehead atoms. The molecule has 0 aliphatic heterocycles. The van der Waals surface area contributed by atoms with Crippen molar-refractivity contribution in [1.29, 1.82) is 0 Å². The Morgan fingerprint density at radius 3 is 2.32 bits per heavy atom. The highest BCUT2D eigenvalue weighted by Crippen LogP contribution is 2.52. The number of fused-ring (bicyclic) bond motifs is 3. The summed E-state index contributed by atoms with van der Waals surface area (Å²) in [6, 6.07) is 11.5. The first-order chi connectivity index (χ1) is 19.9. The molecule has 0 heterocycles. The zero-order chi connectivity index (χ0) is 30.5. The Kier molecular flexibility index (Phi) is 10.2. The molecule has 0 spiro atoms. The van der Waals surface area contributed by atoms with Gasteiger partial charge >= 0.3 is 0 Å². The maximum Gasteiger partial charge on any atom is 0.255 e. The number of aromatic hydroxyl groups is 1. The van der Waals surface area contributed by atoms with Crippen LogP contribution in [-0.4, -0.2) is 81.0 Å². The molecular formula is C30H34Cl2N4O8. The SMILES string of the molecule is CN(C)[C@@H]1C(O)=C(C(N)=O)C(=O)C2(O)C(O)=C3C(=O)c4c(ccc(NC(=O)CNCc5ccccc5)c4O)CC3CC12.Cl.Cl. The largest absolute Gasteiger partial charge is 0.510 e. The van der Waals surface area contributed by atoms with Crippen LogP contribution in [0.15, 0.2) is 65.1 Å². The average Bonchev–Trinajstić information content (AvgIpc) is 2.92. The van der Waals surface area contributed by atoms with E-state index in [1.54, 1.807) is 20.2 Å². The summed E-state index contributed by atoms with van der Waals surface area (Å²) >= 11 is 0. The predicted molar refractivity (Wildman–Crippen MR) is 165 cm³/mol. The topological polar surface area (TPSA) is 203 Å². The highest BCUT2D eigenvalue weighted by Gasteiger charge is 2.63. The Balaban J connectivity index is 0.00000264. The van der Waals surface area contributed by atoms with Crippen LogP contribution < -0.4 is 16.4 Å². The number of likely N-dealkylation sites (N-methyl/N-ethyl adjacent to an activating group) is 1. The third kappa shape index (κ3) is 5.55. The molecule has 0 saturated carbocycles. The molecule has 44 heavy (non-hydrogen) atoms. The molecule has 0 fully saturated rings. The summed E-state index contributed by atoms with van der Waals surface area (Å²) in [5, 5.41) is 50.5. The van der Waals surface area contributed by atoms with Crippen molar-refractivity contribution in [2.75, 3.05) is 26.0 Å². The van der Waals surface area contributed by atoms with Gasteiger partial charge in [-0.15, -0.1) is 24.8 Å². The zero-order valence-electron chi connectivity index (χ0n) is 23.9. The normalized spacial score (nSPS) is 24.0. The van der Waals surface area contributed by atoms with Crippen LogP contribution in [-0.2, 0) is 27.3 Å². The number of hydrogen-bond donors (Lipinski definition) is 7. The van der Waals surface area contributed by atoms with E-state index in [2.05, 4.69) is 10.6 Å². The molecular weight excluding hydrogens is 615 g/mol. The number of primary amides is 1. The van der Waals surface area contributed by atoms with Gasteiger partial charge < -0.3 is 36.8 Å². The molecule has 236 valence electrons. The predicted octanol–water partition coefficient (Wildman–Crippen LogP) is 1.69. The quantitative estimate of drug-likeness (QED) is 0.171. The molecule has 3 aliphatic carbocycles. The number of Topliss-reactive ketones (excluding diaryl/α,β-unsaturated/α-hetero) is 2. The number of amides is 2. The fourth-order valence-corrected chi connectivity index (χ4v) is 6.44. The number of carbonyl (C=O) groups excluding carboxylic acids is 4. The average molecular weight is 650 g/mol. The van der Waals surface area contributed by atoms with Gasteiger partial charge in [-0.1, -0.05) is 36.4 Å². The molecule has 3 aliphatic rings. The standard InChI is InChI=1S/C30H32N4O8.2ClH/c1-34(2)23-17-11-16-10-15-8-9-18(33-19(35)13-32-12-14-6-4-3-5-7-14)24(36)20(15)25(37)21(16)27(39)30(17,42)28(40)22(26(23)38)29(31)41;;/h3-9,16-17,23,32,36,38-39,42H,10-13H2,1-2H3,(H2,31,41)(H,33,35);2*1H/t16?,17?,23-,30?;;/m0../s1. The monoisotopic (exact) mass is 648 g/mol. The summed E-state index contributed by atoms with van der Waals surface area (Å²) in [4.78, 5) is 53.3. The van der Waals surface area contributed by atoms with Gasteiger partial charge in [0.25, 0.3) is 5.91 Å². The van der Waals surface area contributed by atoms with E-state index in [-0.39, 0.29) is 61.0 Å². The Morgan fingerprint density at radius 1 is 1.05 bits per heavy atom. The molecule has 5 rings (SSSR count). The molecule has 0 aromatic heterocycles. The van der Waals surface area contributed by atoms with Crippen LogP contribution in [0.1, 0.15) is 27.9 Å². The van der Waals surface area contributed by atoms with E-state index in [1.165, 1.54) is 11.0 Å². The summed E-state index contributed by atoms with van der Waals surface area (Å²) < 4.78 is 0. The van der Waals surface area contributed by atoms with Gasteiger partial charge in [-0.25, -0.2) is 0 Å². The van der Waals surface area contributed by atoms with Crippen molar-refractivity contribution < 1.29 is 39.6 Å². The first-order valence-corrected chi connectivity index (χ1v) is 13.4. The van der Waals surface area contributed by atoms with Gasteiger partial charge in [0, 0.05) is 18.0 Å². The number of rotatable bonds is 7. The number of nitrogens with two attached hydrogens (primary N) is 1. The molecule has 2 aromatic carbocycles. The van der Waals surface area contributed by atoms with Crippen molar-refractivity contribution >= 4 is 53.9 Å². The van der Waals surface area contributed by atoms with Crippen molar-refractivity contribution in [3.05, 3.63) is 81.8 Å². The number of halogens is 2. The van der Waals surface area contributed by atoms with Crippen molar-refractivity contribution in [2.45, 2.75) is 31.0 Å². The second kappa shape index (κ2) is 13.0. The number of phenols is 1. The number of aliphatic hydroxyl groups excluding tert-OH is 2. The summed E-state index contributed by atoms with van der Waals surface area (Å²) in [6.07, 6.45) is 0.160. The number of nitrogens with zero attached hydrogens (tertiary/aromatic N) is 1. The minimum Gasteiger partial charge on any atom is -0.510 e. The highest BCUT2D eigenvalue weighted by atomic mass is 35.5. The maximum atomic E-state index is 13.8. The minimum atomic E-state index is -2.71. The summed E-state index contributed by atoms with van der Waals surface area (Å²) in [7, 11) is 3.14. The van der Waals surface area contributed by atoms with Crippen LogP contribution in [0.2, 0.25) is 0 Å². The number of allylic oxidation sites excluding steroid dienone is 1. The van der Waals surface area contributed by atoms with E-state index >= 15 is 0 Å². The molecule has 14 heteroatoms. The summed E-state index contributed by atoms with van der Waals surface area (Å²) in [5.41, 5.74) is 2.74. The molecule has 4 atom stereocenters. The fraction of sp³-hybridized carbons (Fsp3) is 0.333. The molecule has 12 nitrogen and oxygen atoms in total. The first-order valence-electron chi connectivity index (χ1n) is 13.4. The third-order valence-electron chi connectivity index (χ3n) is 8.33. The number of carbonyl (C=O) groups is 4. The lowest BCUT2D eigenvalue weighted by molar-refractivity contribution is -0.148. The first kappa shape index (κ1) is 34.5. The van der Waals surface area contributed by atoms with Crippen LogP contribution >= 0.6 is 24.8 Å². The van der Waals surface area contributed by atoms with Crippen molar-refractivity contribution in [3.8, 4) is 5.75 Å². The second-order valence-electron chi connectivity index (χ2n) is 11.1. The number of aliphatic hydroxyl groups is 3. The van der Waals surface area contributed by atoms with Gasteiger partial charge in [0.15, 0.2) is 17.1 Å². The summed E-state index contributed by atoms with van der Waals surface area (Å²) in [5.74, 6) is -7.72.